The van der Waals surface area contributed by atoms with Crippen LogP contribution in [0.1, 0.15) is 39.2 Å². The summed E-state index contributed by atoms with van der Waals surface area (Å²) in [6.45, 7) is 7.24. The van der Waals surface area contributed by atoms with Crippen molar-refractivity contribution in [2.45, 2.75) is 63.8 Å². The van der Waals surface area contributed by atoms with Gasteiger partial charge in [0.2, 0.25) is 17.6 Å². The van der Waals surface area contributed by atoms with Crippen molar-refractivity contribution in [2.24, 2.45) is 0 Å². The van der Waals surface area contributed by atoms with Gasteiger partial charge in [-0.05, 0) is 45.3 Å². The normalized spacial score (nSPS) is 20.4. The van der Waals surface area contributed by atoms with E-state index in [-0.39, 0.29) is 38.2 Å². The lowest BCUT2D eigenvalue weighted by Crippen LogP contribution is -2.60. The smallest absolute Gasteiger partial charge is 0.251 e. The molecule has 3 amide bonds. The van der Waals surface area contributed by atoms with Crippen molar-refractivity contribution >= 4 is 35.0 Å². The van der Waals surface area contributed by atoms with Gasteiger partial charge in [0.25, 0.3) is 5.91 Å². The van der Waals surface area contributed by atoms with Crippen LogP contribution >= 0.6 is 0 Å². The Labute approximate surface area is 257 Å². The second-order valence-corrected chi connectivity index (χ2v) is 11.1. The van der Waals surface area contributed by atoms with Gasteiger partial charge in [0.05, 0.1) is 51.0 Å². The van der Waals surface area contributed by atoms with Crippen LogP contribution in [0.25, 0.3) is 0 Å². The van der Waals surface area contributed by atoms with E-state index in [2.05, 4.69) is 16.0 Å². The molecule has 4 atom stereocenters. The molecule has 0 bridgehead atoms. The number of Topliss-reactive ketones (excluding diaryl/α,β-unsaturated/α-hetero) is 2. The Balaban J connectivity index is 1.76. The molecule has 240 valence electrons. The van der Waals surface area contributed by atoms with E-state index in [1.54, 1.807) is 44.2 Å². The van der Waals surface area contributed by atoms with E-state index < -0.39 is 52.9 Å². The highest BCUT2D eigenvalue weighted by atomic mass is 16.6. The maximum atomic E-state index is 13.7. The van der Waals surface area contributed by atoms with Crippen LogP contribution in [0.15, 0.2) is 42.2 Å². The number of ether oxygens (including phenoxy) is 3. The molecule has 2 aliphatic heterocycles. The molecule has 2 saturated heterocycles. The summed E-state index contributed by atoms with van der Waals surface area (Å²) < 4.78 is 15.8. The monoisotopic (exact) mass is 613 g/mol. The van der Waals surface area contributed by atoms with Crippen molar-refractivity contribution in [3.63, 3.8) is 0 Å². The Morgan fingerprint density at radius 2 is 1.70 bits per heavy atom. The van der Waals surface area contributed by atoms with E-state index in [0.29, 0.717) is 32.1 Å². The topological polar surface area (TPSA) is 180 Å². The van der Waals surface area contributed by atoms with Crippen LogP contribution in [0, 0.1) is 5.41 Å². The van der Waals surface area contributed by atoms with E-state index >= 15 is 0 Å². The lowest BCUT2D eigenvalue weighted by atomic mass is 9.94. The zero-order valence-corrected chi connectivity index (χ0v) is 25.8. The minimum Gasteiger partial charge on any atom is -0.501 e. The van der Waals surface area contributed by atoms with Gasteiger partial charge in [-0.25, -0.2) is 0 Å². The predicted molar refractivity (Wildman–Crippen MR) is 161 cm³/mol. The molecule has 1 aromatic rings. The van der Waals surface area contributed by atoms with Crippen LogP contribution in [-0.2, 0) is 44.6 Å². The first-order chi connectivity index (χ1) is 21.0. The van der Waals surface area contributed by atoms with Crippen molar-refractivity contribution in [1.82, 2.24) is 20.9 Å². The fourth-order valence-electron chi connectivity index (χ4n) is 4.68. The number of nitrogens with one attached hydrogen (secondary N) is 4. The SMILES string of the molecule is CC=C(CCC(=N)C(=O)C(NC(=O)C(C)NC(=O)CN1CCOCC1)C(=O)NC(Cc1ccccc1)C(=O)C1(C)CO1)OC. The fraction of sp³-hybridized carbons (Fsp3) is 0.548. The molecule has 13 nitrogen and oxygen atoms in total. The third kappa shape index (κ3) is 10.1. The molecule has 2 aliphatic rings. The van der Waals surface area contributed by atoms with E-state index in [1.807, 2.05) is 11.0 Å². The van der Waals surface area contributed by atoms with Crippen molar-refractivity contribution in [1.29, 1.82) is 5.41 Å². The molecule has 0 radical (unpaired) electrons. The number of morpholine rings is 1. The predicted octanol–water partition coefficient (Wildman–Crippen LogP) is 0.313. The summed E-state index contributed by atoms with van der Waals surface area (Å²) in [7, 11) is 1.47. The highest BCUT2D eigenvalue weighted by Gasteiger charge is 2.50. The maximum Gasteiger partial charge on any atom is 0.251 e. The van der Waals surface area contributed by atoms with Crippen molar-refractivity contribution in [2.75, 3.05) is 46.6 Å². The first kappa shape index (κ1) is 34.5. The third-order valence-corrected chi connectivity index (χ3v) is 7.57. The summed E-state index contributed by atoms with van der Waals surface area (Å²) >= 11 is 0. The molecule has 0 spiro atoms. The standard InChI is InChI=1S/C31H43N5O8/c1-5-22(42-4)11-12-23(32)27(38)26(35-29(40)20(2)33-25(37)18-36-13-15-43-16-14-36)30(41)34-24(28(39)31(3)19-44-31)17-21-9-7-6-8-10-21/h5-10,20,24,26,32H,11-19H2,1-4H3,(H,33,37)(H,34,41)(H,35,40). The largest absolute Gasteiger partial charge is 0.501 e. The number of benzene rings is 1. The quantitative estimate of drug-likeness (QED) is 0.0833. The van der Waals surface area contributed by atoms with Gasteiger partial charge in [0.1, 0.15) is 11.6 Å². The van der Waals surface area contributed by atoms with Crippen LogP contribution in [0.4, 0.5) is 0 Å². The number of rotatable bonds is 17. The number of nitrogens with zero attached hydrogens (tertiary/aromatic N) is 1. The summed E-state index contributed by atoms with van der Waals surface area (Å²) in [5.74, 6) is -2.90. The van der Waals surface area contributed by atoms with Gasteiger partial charge < -0.3 is 35.6 Å². The minimum absolute atomic E-state index is 0.0455. The van der Waals surface area contributed by atoms with Crippen molar-refractivity contribution < 1.29 is 38.2 Å². The average molecular weight is 614 g/mol. The first-order valence-electron chi connectivity index (χ1n) is 14.7. The number of carbonyl (C=O) groups is 5. The number of methoxy groups -OCH3 is 1. The van der Waals surface area contributed by atoms with Gasteiger partial charge in [-0.15, -0.1) is 0 Å². The van der Waals surface area contributed by atoms with Gasteiger partial charge in [-0.1, -0.05) is 30.3 Å². The summed E-state index contributed by atoms with van der Waals surface area (Å²) in [6, 6.07) is 5.06. The van der Waals surface area contributed by atoms with E-state index in [0.717, 1.165) is 5.56 Å². The zero-order chi connectivity index (χ0) is 32.3. The summed E-state index contributed by atoms with van der Waals surface area (Å²) in [6.07, 6.45) is 2.02. The Morgan fingerprint density at radius 3 is 2.30 bits per heavy atom. The molecule has 4 N–H and O–H groups in total. The number of epoxide rings is 1. The van der Waals surface area contributed by atoms with E-state index in [4.69, 9.17) is 19.6 Å². The van der Waals surface area contributed by atoms with Crippen molar-refractivity contribution in [3.8, 4) is 0 Å². The van der Waals surface area contributed by atoms with Crippen LogP contribution in [0.3, 0.4) is 0 Å². The van der Waals surface area contributed by atoms with Crippen LogP contribution < -0.4 is 16.0 Å². The van der Waals surface area contributed by atoms with E-state index in [1.165, 1.54) is 14.0 Å². The Hall–Kier alpha value is -3.94. The van der Waals surface area contributed by atoms with Gasteiger partial charge in [0.15, 0.2) is 11.8 Å². The number of carbonyl (C=O) groups excluding carboxylic acids is 5. The molecule has 2 fully saturated rings. The summed E-state index contributed by atoms with van der Waals surface area (Å²) in [5, 5.41) is 16.0. The molecule has 0 aromatic heterocycles. The molecule has 1 aromatic carbocycles. The lowest BCUT2D eigenvalue weighted by Gasteiger charge is -2.27. The van der Waals surface area contributed by atoms with Gasteiger partial charge >= 0.3 is 0 Å². The second kappa shape index (κ2) is 16.2. The molecule has 2 heterocycles. The lowest BCUT2D eigenvalue weighted by molar-refractivity contribution is -0.137. The summed E-state index contributed by atoms with van der Waals surface area (Å²) in [4.78, 5) is 68.1. The number of hydrogen-bond donors (Lipinski definition) is 4. The fourth-order valence-corrected chi connectivity index (χ4v) is 4.68. The Kier molecular flexibility index (Phi) is 12.7. The number of allylic oxidation sites excluding steroid dienone is 2. The number of hydrogen-bond acceptors (Lipinski definition) is 10. The molecular formula is C31H43N5O8. The van der Waals surface area contributed by atoms with Crippen LogP contribution in [-0.4, -0.2) is 110 Å². The number of amides is 3. The molecule has 0 aliphatic carbocycles. The maximum absolute atomic E-state index is 13.7. The van der Waals surface area contributed by atoms with Crippen LogP contribution in [0.5, 0.6) is 0 Å². The second-order valence-electron chi connectivity index (χ2n) is 11.1. The molecule has 3 rings (SSSR count). The molecule has 44 heavy (non-hydrogen) atoms. The third-order valence-electron chi connectivity index (χ3n) is 7.57. The first-order valence-corrected chi connectivity index (χ1v) is 14.7. The average Bonchev–Trinajstić information content (AvgIpc) is 3.78. The molecule has 0 saturated carbocycles. The van der Waals surface area contributed by atoms with E-state index in [9.17, 15) is 24.0 Å². The molecule has 13 heteroatoms. The highest BCUT2D eigenvalue weighted by Crippen LogP contribution is 2.29. The van der Waals surface area contributed by atoms with Gasteiger partial charge in [-0.3, -0.25) is 28.9 Å². The molecular weight excluding hydrogens is 570 g/mol. The van der Waals surface area contributed by atoms with Crippen molar-refractivity contribution in [3.05, 3.63) is 47.7 Å². The Bertz CT molecular complexity index is 1240. The highest BCUT2D eigenvalue weighted by molar-refractivity contribution is 6.44. The van der Waals surface area contributed by atoms with Gasteiger partial charge in [0, 0.05) is 19.5 Å². The summed E-state index contributed by atoms with van der Waals surface area (Å²) in [5.41, 5.74) is -0.704. The zero-order valence-electron chi connectivity index (χ0n) is 25.8. The Morgan fingerprint density at radius 1 is 1.05 bits per heavy atom. The molecule has 4 unspecified atom stereocenters. The minimum atomic E-state index is -1.82. The number of ketones is 2. The van der Waals surface area contributed by atoms with Gasteiger partial charge in [-0.2, -0.15) is 0 Å². The van der Waals surface area contributed by atoms with Crippen LogP contribution in [0.2, 0.25) is 0 Å².